The second kappa shape index (κ2) is 5.57. The van der Waals surface area contributed by atoms with E-state index in [1.54, 1.807) is 25.1 Å². The molecule has 20 heavy (non-hydrogen) atoms. The number of rotatable bonds is 4. The van der Waals surface area contributed by atoms with Crippen LogP contribution in [0.3, 0.4) is 0 Å². The largest absolute Gasteiger partial charge is 0.324 e. The molecule has 1 heterocycles. The summed E-state index contributed by atoms with van der Waals surface area (Å²) >= 11 is 0.992. The molecule has 1 aromatic heterocycles. The predicted molar refractivity (Wildman–Crippen MR) is 76.1 cm³/mol. The number of nitrogens with zero attached hydrogens (tertiary/aromatic N) is 3. The summed E-state index contributed by atoms with van der Waals surface area (Å²) in [5.74, 6) is 0. The molecule has 0 unspecified atom stereocenters. The molecule has 0 radical (unpaired) electrons. The van der Waals surface area contributed by atoms with E-state index in [2.05, 4.69) is 4.99 Å². The minimum Gasteiger partial charge on any atom is -0.258 e. The third-order valence-electron chi connectivity index (χ3n) is 2.52. The highest BCUT2D eigenvalue weighted by Gasteiger charge is 2.11. The van der Waals surface area contributed by atoms with Crippen LogP contribution >= 0.6 is 11.3 Å². The first-order chi connectivity index (χ1) is 9.47. The van der Waals surface area contributed by atoms with Gasteiger partial charge in [0.15, 0.2) is 0 Å². The molecule has 0 saturated heterocycles. The van der Waals surface area contributed by atoms with Gasteiger partial charge in [-0.3, -0.25) is 25.2 Å². The van der Waals surface area contributed by atoms with Crippen LogP contribution in [-0.2, 0) is 0 Å². The van der Waals surface area contributed by atoms with E-state index in [0.29, 0.717) is 16.1 Å². The Morgan fingerprint density at radius 3 is 2.50 bits per heavy atom. The fraction of sp³-hybridized carbons (Fsp3) is 0.0833. The maximum Gasteiger partial charge on any atom is 0.324 e. The Morgan fingerprint density at radius 2 is 1.90 bits per heavy atom. The van der Waals surface area contributed by atoms with Crippen molar-refractivity contribution in [3.05, 3.63) is 61.0 Å². The number of thiophene rings is 1. The summed E-state index contributed by atoms with van der Waals surface area (Å²) in [5, 5.41) is 21.4. The minimum atomic E-state index is -0.473. The topological polar surface area (TPSA) is 98.6 Å². The molecule has 0 bridgehead atoms. The number of aryl methyl sites for hydroxylation is 1. The number of nitro benzene ring substituents is 1. The molecule has 0 atom stereocenters. The van der Waals surface area contributed by atoms with Crippen molar-refractivity contribution in [1.82, 2.24) is 0 Å². The number of benzene rings is 1. The van der Waals surface area contributed by atoms with E-state index in [0.717, 1.165) is 11.3 Å². The number of hydrogen-bond donors (Lipinski definition) is 0. The molecule has 8 heteroatoms. The van der Waals surface area contributed by atoms with Gasteiger partial charge in [0.2, 0.25) is 0 Å². The van der Waals surface area contributed by atoms with Crippen molar-refractivity contribution in [3.8, 4) is 0 Å². The summed E-state index contributed by atoms with van der Waals surface area (Å²) in [6.45, 7) is 1.65. The highest BCUT2D eigenvalue weighted by atomic mass is 32.1. The fourth-order valence-corrected chi connectivity index (χ4v) is 2.22. The van der Waals surface area contributed by atoms with Crippen molar-refractivity contribution < 1.29 is 9.85 Å². The van der Waals surface area contributed by atoms with Gasteiger partial charge < -0.3 is 0 Å². The van der Waals surface area contributed by atoms with Gasteiger partial charge in [-0.15, -0.1) is 0 Å². The summed E-state index contributed by atoms with van der Waals surface area (Å²) in [6, 6.07) is 7.61. The van der Waals surface area contributed by atoms with Crippen LogP contribution in [0.4, 0.5) is 16.4 Å². The number of nitro groups is 2. The predicted octanol–water partition coefficient (Wildman–Crippen LogP) is 3.62. The lowest BCUT2D eigenvalue weighted by Gasteiger charge is -1.97. The van der Waals surface area contributed by atoms with E-state index >= 15 is 0 Å². The molecule has 0 N–H and O–H groups in total. The van der Waals surface area contributed by atoms with Gasteiger partial charge in [-0.05, 0) is 19.1 Å². The second-order valence-electron chi connectivity index (χ2n) is 3.92. The standard InChI is InChI=1S/C12H9N3O4S/c1-8-2-3-9(6-11(8)14(16)17)13-7-10-4-5-12(20-10)15(18)19/h2-7H,1H3. The summed E-state index contributed by atoms with van der Waals surface area (Å²) in [4.78, 5) is 25.1. The Labute approximate surface area is 117 Å². The van der Waals surface area contributed by atoms with Gasteiger partial charge in [-0.1, -0.05) is 17.4 Å². The first kappa shape index (κ1) is 13.8. The molecule has 2 aromatic rings. The van der Waals surface area contributed by atoms with Crippen LogP contribution in [0.5, 0.6) is 0 Å². The monoisotopic (exact) mass is 291 g/mol. The van der Waals surface area contributed by atoms with Crippen molar-refractivity contribution in [2.45, 2.75) is 6.92 Å². The van der Waals surface area contributed by atoms with Gasteiger partial charge in [0.05, 0.1) is 20.4 Å². The van der Waals surface area contributed by atoms with Crippen LogP contribution in [0.2, 0.25) is 0 Å². The molecule has 0 saturated carbocycles. The van der Waals surface area contributed by atoms with Gasteiger partial charge in [0, 0.05) is 23.9 Å². The maximum atomic E-state index is 10.8. The molecule has 102 valence electrons. The molecule has 0 amide bonds. The molecule has 2 rings (SSSR count). The van der Waals surface area contributed by atoms with Gasteiger partial charge in [-0.2, -0.15) is 0 Å². The van der Waals surface area contributed by atoms with E-state index in [1.165, 1.54) is 18.3 Å². The summed E-state index contributed by atoms with van der Waals surface area (Å²) in [6.07, 6.45) is 1.45. The average Bonchev–Trinajstić information content (AvgIpc) is 2.86. The molecule has 1 aromatic carbocycles. The molecular weight excluding hydrogens is 282 g/mol. The lowest BCUT2D eigenvalue weighted by atomic mass is 10.2. The molecular formula is C12H9N3O4S. The smallest absolute Gasteiger partial charge is 0.258 e. The Bertz CT molecular complexity index is 708. The SMILES string of the molecule is Cc1ccc(N=Cc2ccc([N+](=O)[O-])s2)cc1[N+](=O)[O-]. The van der Waals surface area contributed by atoms with Crippen LogP contribution in [0.15, 0.2) is 35.3 Å². The Morgan fingerprint density at radius 1 is 1.15 bits per heavy atom. The summed E-state index contributed by atoms with van der Waals surface area (Å²) in [7, 11) is 0. The maximum absolute atomic E-state index is 10.8. The van der Waals surface area contributed by atoms with E-state index in [9.17, 15) is 20.2 Å². The van der Waals surface area contributed by atoms with E-state index in [4.69, 9.17) is 0 Å². The lowest BCUT2D eigenvalue weighted by Crippen LogP contribution is -1.90. The van der Waals surface area contributed by atoms with Gasteiger partial charge >= 0.3 is 5.00 Å². The van der Waals surface area contributed by atoms with Crippen LogP contribution in [0, 0.1) is 27.2 Å². The Hall–Kier alpha value is -2.61. The zero-order chi connectivity index (χ0) is 14.7. The second-order valence-corrected chi connectivity index (χ2v) is 5.01. The minimum absolute atomic E-state index is 0.00295. The van der Waals surface area contributed by atoms with E-state index < -0.39 is 9.85 Å². The fourth-order valence-electron chi connectivity index (χ4n) is 1.52. The highest BCUT2D eigenvalue weighted by molar-refractivity contribution is 7.16. The molecule has 0 fully saturated rings. The van der Waals surface area contributed by atoms with Gasteiger partial charge in [0.25, 0.3) is 5.69 Å². The van der Waals surface area contributed by atoms with Crippen LogP contribution in [0.25, 0.3) is 0 Å². The average molecular weight is 291 g/mol. The first-order valence-corrected chi connectivity index (χ1v) is 6.32. The molecule has 0 aliphatic carbocycles. The number of aliphatic imine (C=N–C) groups is 1. The Kier molecular flexibility index (Phi) is 3.85. The normalized spacial score (nSPS) is 10.8. The summed E-state index contributed by atoms with van der Waals surface area (Å²) in [5.41, 5.74) is 0.982. The Balaban J connectivity index is 2.24. The van der Waals surface area contributed by atoms with Crippen LogP contribution in [0.1, 0.15) is 10.4 Å². The lowest BCUT2D eigenvalue weighted by molar-refractivity contribution is -0.385. The zero-order valence-electron chi connectivity index (χ0n) is 10.3. The van der Waals surface area contributed by atoms with Crippen molar-refractivity contribution >= 4 is 33.9 Å². The van der Waals surface area contributed by atoms with Crippen molar-refractivity contribution in [1.29, 1.82) is 0 Å². The van der Waals surface area contributed by atoms with E-state index in [-0.39, 0.29) is 10.7 Å². The third kappa shape index (κ3) is 3.04. The van der Waals surface area contributed by atoms with Crippen molar-refractivity contribution in [2.24, 2.45) is 4.99 Å². The van der Waals surface area contributed by atoms with Gasteiger partial charge in [-0.25, -0.2) is 0 Å². The van der Waals surface area contributed by atoms with Crippen LogP contribution in [-0.4, -0.2) is 16.1 Å². The molecule has 0 spiro atoms. The third-order valence-corrected chi connectivity index (χ3v) is 3.49. The van der Waals surface area contributed by atoms with Gasteiger partial charge in [0.1, 0.15) is 0 Å². The summed E-state index contributed by atoms with van der Waals surface area (Å²) < 4.78 is 0. The molecule has 0 aliphatic rings. The highest BCUT2D eigenvalue weighted by Crippen LogP contribution is 2.26. The number of hydrogen-bond acceptors (Lipinski definition) is 6. The quantitative estimate of drug-likeness (QED) is 0.488. The van der Waals surface area contributed by atoms with E-state index in [1.807, 2.05) is 0 Å². The van der Waals surface area contributed by atoms with Crippen molar-refractivity contribution in [3.63, 3.8) is 0 Å². The molecule has 7 nitrogen and oxygen atoms in total. The molecule has 0 aliphatic heterocycles. The first-order valence-electron chi connectivity index (χ1n) is 5.50. The zero-order valence-corrected chi connectivity index (χ0v) is 11.2. The van der Waals surface area contributed by atoms with Crippen molar-refractivity contribution in [2.75, 3.05) is 0 Å². The van der Waals surface area contributed by atoms with Crippen LogP contribution < -0.4 is 0 Å².